The first-order valence-electron chi connectivity index (χ1n) is 9.23. The molecule has 0 radical (unpaired) electrons. The number of fused-ring (bicyclic) bond motifs is 3. The van der Waals surface area contributed by atoms with Gasteiger partial charge in [0.05, 0.1) is 12.3 Å². The van der Waals surface area contributed by atoms with E-state index < -0.39 is 0 Å². The minimum Gasteiger partial charge on any atom is -0.368 e. The highest BCUT2D eigenvalue weighted by Crippen LogP contribution is 2.46. The second-order valence-electron chi connectivity index (χ2n) is 7.08. The number of aromatic nitrogens is 1. The fourth-order valence-corrected chi connectivity index (χ4v) is 4.66. The van der Waals surface area contributed by atoms with Crippen molar-refractivity contribution >= 4 is 17.3 Å². The predicted molar refractivity (Wildman–Crippen MR) is 95.1 cm³/mol. The molecule has 1 aromatic heterocycles. The third-order valence-electron chi connectivity index (χ3n) is 5.66. The number of amides is 1. The van der Waals surface area contributed by atoms with Gasteiger partial charge in [-0.15, -0.1) is 0 Å². The van der Waals surface area contributed by atoms with Crippen LogP contribution in [0.25, 0.3) is 10.9 Å². The van der Waals surface area contributed by atoms with Gasteiger partial charge < -0.3 is 14.2 Å². The van der Waals surface area contributed by atoms with Crippen molar-refractivity contribution in [1.82, 2.24) is 9.47 Å². The Hall–Kier alpha value is -1.81. The van der Waals surface area contributed by atoms with Crippen LogP contribution in [0.5, 0.6) is 0 Å². The molecule has 4 rings (SSSR count). The van der Waals surface area contributed by atoms with Gasteiger partial charge in [-0.05, 0) is 43.7 Å². The van der Waals surface area contributed by atoms with E-state index in [4.69, 9.17) is 4.74 Å². The molecule has 2 aromatic rings. The van der Waals surface area contributed by atoms with Crippen LogP contribution in [0.15, 0.2) is 24.3 Å². The van der Waals surface area contributed by atoms with E-state index in [2.05, 4.69) is 35.8 Å². The number of aryl methyl sites for hydroxylation is 1. The number of nitrogens with zero attached hydrogens (tertiary/aromatic N) is 2. The van der Waals surface area contributed by atoms with E-state index in [0.717, 1.165) is 64.8 Å². The summed E-state index contributed by atoms with van der Waals surface area (Å²) in [5.41, 5.74) is 4.01. The summed E-state index contributed by atoms with van der Waals surface area (Å²) in [6.45, 7) is 5.58. The maximum atomic E-state index is 11.3. The molecule has 2 aliphatic heterocycles. The van der Waals surface area contributed by atoms with Gasteiger partial charge in [-0.2, -0.15) is 0 Å². The molecule has 0 aliphatic carbocycles. The van der Waals surface area contributed by atoms with Crippen molar-refractivity contribution in [3.63, 3.8) is 0 Å². The normalized spacial score (nSPS) is 22.4. The number of hydrogen-bond donors (Lipinski definition) is 0. The summed E-state index contributed by atoms with van der Waals surface area (Å²) in [5.74, 6) is 0. The molecule has 24 heavy (non-hydrogen) atoms. The Labute approximate surface area is 143 Å². The van der Waals surface area contributed by atoms with E-state index in [9.17, 15) is 4.79 Å². The summed E-state index contributed by atoms with van der Waals surface area (Å²) < 4.78 is 8.90. The van der Waals surface area contributed by atoms with Gasteiger partial charge in [-0.1, -0.05) is 25.1 Å². The number of carbonyl (C=O) groups is 1. The topological polar surface area (TPSA) is 34.5 Å². The van der Waals surface area contributed by atoms with Crippen LogP contribution in [0, 0.1) is 0 Å². The Balaban J connectivity index is 1.74. The summed E-state index contributed by atoms with van der Waals surface area (Å²) in [5, 5.41) is 1.39. The number of benzene rings is 1. The molecule has 4 heteroatoms. The minimum absolute atomic E-state index is 0.208. The Morgan fingerprint density at radius 1 is 1.33 bits per heavy atom. The van der Waals surface area contributed by atoms with Gasteiger partial charge in [0, 0.05) is 30.5 Å². The molecule has 0 fully saturated rings. The fourth-order valence-electron chi connectivity index (χ4n) is 4.66. The van der Waals surface area contributed by atoms with Crippen molar-refractivity contribution in [2.45, 2.75) is 51.2 Å². The lowest BCUT2D eigenvalue weighted by Gasteiger charge is -2.43. The molecule has 4 nitrogen and oxygen atoms in total. The average Bonchev–Trinajstić information content (AvgIpc) is 2.96. The second-order valence-corrected chi connectivity index (χ2v) is 7.08. The Kier molecular flexibility index (Phi) is 4.09. The number of para-hydroxylation sites is 1. The Morgan fingerprint density at radius 3 is 3.04 bits per heavy atom. The van der Waals surface area contributed by atoms with Crippen molar-refractivity contribution in [3.8, 4) is 0 Å². The summed E-state index contributed by atoms with van der Waals surface area (Å²) in [7, 11) is 0. The monoisotopic (exact) mass is 326 g/mol. The third kappa shape index (κ3) is 2.35. The lowest BCUT2D eigenvalue weighted by Crippen LogP contribution is -2.43. The molecule has 0 saturated carbocycles. The number of rotatable bonds is 6. The first-order chi connectivity index (χ1) is 11.8. The van der Waals surface area contributed by atoms with Gasteiger partial charge in [-0.3, -0.25) is 4.79 Å². The highest BCUT2D eigenvalue weighted by Gasteiger charge is 2.43. The molecule has 2 aliphatic rings. The van der Waals surface area contributed by atoms with Gasteiger partial charge in [-0.25, -0.2) is 0 Å². The highest BCUT2D eigenvalue weighted by atomic mass is 16.5. The zero-order valence-electron chi connectivity index (χ0n) is 14.5. The molecular formula is C20H26N2O2. The van der Waals surface area contributed by atoms with Crippen LogP contribution >= 0.6 is 0 Å². The van der Waals surface area contributed by atoms with Gasteiger partial charge in [0.2, 0.25) is 6.41 Å². The predicted octanol–water partition coefficient (Wildman–Crippen LogP) is 3.46. The zero-order chi connectivity index (χ0) is 16.6. The molecule has 1 atom stereocenters. The van der Waals surface area contributed by atoms with Gasteiger partial charge in [0.25, 0.3) is 0 Å². The summed E-state index contributed by atoms with van der Waals surface area (Å²) >= 11 is 0. The van der Waals surface area contributed by atoms with E-state index in [1.807, 2.05) is 4.90 Å². The Bertz CT molecular complexity index is 702. The van der Waals surface area contributed by atoms with E-state index >= 15 is 0 Å². The van der Waals surface area contributed by atoms with Crippen molar-refractivity contribution in [1.29, 1.82) is 0 Å². The maximum absolute atomic E-state index is 11.3. The SMILES string of the molecule is CCCN(C=O)CCC12CCCn3c1c(c1ccccc13)CCO2. The Morgan fingerprint density at radius 2 is 2.21 bits per heavy atom. The molecule has 3 heterocycles. The van der Waals surface area contributed by atoms with Crippen LogP contribution in [-0.2, 0) is 28.1 Å². The molecule has 0 spiro atoms. The molecule has 1 unspecified atom stereocenters. The lowest BCUT2D eigenvalue weighted by atomic mass is 9.82. The summed E-state index contributed by atoms with van der Waals surface area (Å²) in [6, 6.07) is 8.75. The van der Waals surface area contributed by atoms with Crippen LogP contribution in [0.1, 0.15) is 43.9 Å². The van der Waals surface area contributed by atoms with Crippen LogP contribution in [0.2, 0.25) is 0 Å². The quantitative estimate of drug-likeness (QED) is 0.762. The zero-order valence-corrected chi connectivity index (χ0v) is 14.5. The van der Waals surface area contributed by atoms with Gasteiger partial charge in [0.1, 0.15) is 5.60 Å². The largest absolute Gasteiger partial charge is 0.368 e. The number of ether oxygens (including phenoxy) is 1. The standard InChI is InChI=1S/C20H26N2O2/c1-2-11-21(15-23)13-10-20-9-5-12-22-18-7-4-3-6-16(18)17(19(20)22)8-14-24-20/h3-4,6-7,15H,2,5,8-14H2,1H3. The smallest absolute Gasteiger partial charge is 0.209 e. The van der Waals surface area contributed by atoms with E-state index in [0.29, 0.717) is 0 Å². The van der Waals surface area contributed by atoms with E-state index in [-0.39, 0.29) is 5.60 Å². The number of carbonyl (C=O) groups excluding carboxylic acids is 1. The van der Waals surface area contributed by atoms with Crippen LogP contribution in [0.3, 0.4) is 0 Å². The van der Waals surface area contributed by atoms with E-state index in [1.165, 1.54) is 22.2 Å². The molecule has 128 valence electrons. The van der Waals surface area contributed by atoms with Crippen molar-refractivity contribution in [3.05, 3.63) is 35.5 Å². The van der Waals surface area contributed by atoms with Crippen LogP contribution in [-0.4, -0.2) is 35.6 Å². The second kappa shape index (κ2) is 6.25. The fraction of sp³-hybridized carbons (Fsp3) is 0.550. The molecule has 0 saturated heterocycles. The molecular weight excluding hydrogens is 300 g/mol. The summed E-state index contributed by atoms with van der Waals surface area (Å²) in [6.07, 6.45) is 6.08. The minimum atomic E-state index is -0.208. The van der Waals surface area contributed by atoms with Crippen molar-refractivity contribution < 1.29 is 9.53 Å². The summed E-state index contributed by atoms with van der Waals surface area (Å²) in [4.78, 5) is 13.2. The lowest BCUT2D eigenvalue weighted by molar-refractivity contribution is -0.121. The van der Waals surface area contributed by atoms with Crippen LogP contribution in [0.4, 0.5) is 0 Å². The van der Waals surface area contributed by atoms with Crippen molar-refractivity contribution in [2.24, 2.45) is 0 Å². The van der Waals surface area contributed by atoms with Gasteiger partial charge in [0.15, 0.2) is 0 Å². The average molecular weight is 326 g/mol. The molecule has 1 aromatic carbocycles. The first kappa shape index (κ1) is 15.7. The maximum Gasteiger partial charge on any atom is 0.209 e. The number of hydrogen-bond acceptors (Lipinski definition) is 2. The van der Waals surface area contributed by atoms with Gasteiger partial charge >= 0.3 is 0 Å². The van der Waals surface area contributed by atoms with Crippen molar-refractivity contribution in [2.75, 3.05) is 19.7 Å². The molecule has 0 bridgehead atoms. The van der Waals surface area contributed by atoms with E-state index in [1.54, 1.807) is 0 Å². The first-order valence-corrected chi connectivity index (χ1v) is 9.23. The molecule has 1 amide bonds. The highest BCUT2D eigenvalue weighted by molar-refractivity contribution is 5.86. The third-order valence-corrected chi connectivity index (χ3v) is 5.66. The van der Waals surface area contributed by atoms with Crippen LogP contribution < -0.4 is 0 Å². The molecule has 0 N–H and O–H groups in total.